The van der Waals surface area contributed by atoms with Crippen molar-refractivity contribution in [1.29, 1.82) is 0 Å². The molecular weight excluding hydrogens is 408 g/mol. The quantitative estimate of drug-likeness (QED) is 0.546. The van der Waals surface area contributed by atoms with Crippen molar-refractivity contribution in [3.63, 3.8) is 0 Å². The average molecular weight is 443 g/mol. The molecule has 1 atom stereocenters. The lowest BCUT2D eigenvalue weighted by atomic mass is 10.1. The molecule has 0 spiro atoms. The number of methoxy groups -OCH3 is 2. The van der Waals surface area contributed by atoms with Crippen molar-refractivity contribution in [3.05, 3.63) is 54.1 Å². The van der Waals surface area contributed by atoms with Gasteiger partial charge in [0.05, 0.1) is 14.2 Å². The molecule has 0 aliphatic rings. The summed E-state index contributed by atoms with van der Waals surface area (Å²) < 4.78 is 16.2. The molecular formula is C25H34N2O5. The summed E-state index contributed by atoms with van der Waals surface area (Å²) in [6.07, 6.45) is 0.640. The molecule has 0 saturated heterocycles. The number of hydrogen-bond donors (Lipinski definition) is 1. The summed E-state index contributed by atoms with van der Waals surface area (Å²) in [4.78, 5) is 27.3. The van der Waals surface area contributed by atoms with Gasteiger partial charge in [-0.05, 0) is 24.8 Å². The van der Waals surface area contributed by atoms with E-state index in [1.807, 2.05) is 44.2 Å². The fourth-order valence-corrected chi connectivity index (χ4v) is 3.12. The van der Waals surface area contributed by atoms with E-state index in [2.05, 4.69) is 5.32 Å². The zero-order chi connectivity index (χ0) is 23.5. The highest BCUT2D eigenvalue weighted by Gasteiger charge is 2.26. The third kappa shape index (κ3) is 7.80. The molecule has 2 amide bonds. The highest BCUT2D eigenvalue weighted by molar-refractivity contribution is 5.88. The largest absolute Gasteiger partial charge is 0.496 e. The van der Waals surface area contributed by atoms with Crippen LogP contribution in [0.5, 0.6) is 17.2 Å². The first kappa shape index (κ1) is 25.0. The lowest BCUT2D eigenvalue weighted by molar-refractivity contribution is -0.141. The summed E-state index contributed by atoms with van der Waals surface area (Å²) >= 11 is 0. The number of benzene rings is 2. The van der Waals surface area contributed by atoms with E-state index in [1.54, 1.807) is 44.2 Å². The van der Waals surface area contributed by atoms with Gasteiger partial charge in [0.15, 0.2) is 6.61 Å². The van der Waals surface area contributed by atoms with Crippen molar-refractivity contribution < 1.29 is 23.8 Å². The number of ether oxygens (including phenoxy) is 3. The zero-order valence-electron chi connectivity index (χ0n) is 19.6. The van der Waals surface area contributed by atoms with E-state index < -0.39 is 6.04 Å². The second-order valence-corrected chi connectivity index (χ2v) is 7.97. The van der Waals surface area contributed by atoms with Gasteiger partial charge >= 0.3 is 0 Å². The van der Waals surface area contributed by atoms with Crippen molar-refractivity contribution in [3.8, 4) is 17.2 Å². The summed E-state index contributed by atoms with van der Waals surface area (Å²) in [6, 6.07) is 14.3. The normalized spacial score (nSPS) is 11.6. The minimum absolute atomic E-state index is 0.178. The molecule has 1 N–H and O–H groups in total. The molecule has 2 rings (SSSR count). The Bertz CT molecular complexity index is 848. The number of hydrogen-bond acceptors (Lipinski definition) is 5. The van der Waals surface area contributed by atoms with E-state index in [4.69, 9.17) is 14.2 Å². The van der Waals surface area contributed by atoms with Gasteiger partial charge in [0.2, 0.25) is 5.91 Å². The lowest BCUT2D eigenvalue weighted by Gasteiger charge is -2.29. The maximum atomic E-state index is 13.1. The van der Waals surface area contributed by atoms with Crippen LogP contribution >= 0.6 is 0 Å². The van der Waals surface area contributed by atoms with Crippen LogP contribution in [0, 0.1) is 5.92 Å². The average Bonchev–Trinajstić information content (AvgIpc) is 2.81. The van der Waals surface area contributed by atoms with E-state index >= 15 is 0 Å². The van der Waals surface area contributed by atoms with Crippen LogP contribution in [0.3, 0.4) is 0 Å². The summed E-state index contributed by atoms with van der Waals surface area (Å²) in [6.45, 7) is 6.56. The van der Waals surface area contributed by atoms with Crippen LogP contribution in [-0.4, -0.2) is 56.7 Å². The topological polar surface area (TPSA) is 77.1 Å². The van der Waals surface area contributed by atoms with E-state index in [0.717, 1.165) is 5.56 Å². The molecule has 0 aromatic heterocycles. The van der Waals surface area contributed by atoms with Crippen LogP contribution in [0.25, 0.3) is 0 Å². The number of nitrogens with zero attached hydrogens (tertiary/aromatic N) is 1. The van der Waals surface area contributed by atoms with E-state index in [0.29, 0.717) is 42.7 Å². The summed E-state index contributed by atoms with van der Waals surface area (Å²) in [7, 11) is 3.10. The monoisotopic (exact) mass is 442 g/mol. The second kappa shape index (κ2) is 12.6. The molecule has 0 bridgehead atoms. The van der Waals surface area contributed by atoms with Gasteiger partial charge in [0, 0.05) is 31.3 Å². The molecule has 0 radical (unpaired) electrons. The number of rotatable bonds is 12. The molecule has 2 aromatic carbocycles. The zero-order valence-corrected chi connectivity index (χ0v) is 19.6. The van der Waals surface area contributed by atoms with Gasteiger partial charge in [-0.1, -0.05) is 44.2 Å². The predicted octanol–water partition coefficient (Wildman–Crippen LogP) is 3.31. The maximum Gasteiger partial charge on any atom is 0.261 e. The Morgan fingerprint density at radius 2 is 1.53 bits per heavy atom. The molecule has 0 aliphatic heterocycles. The Labute approximate surface area is 190 Å². The van der Waals surface area contributed by atoms with E-state index in [-0.39, 0.29) is 18.4 Å². The van der Waals surface area contributed by atoms with E-state index in [1.165, 1.54) is 0 Å². The third-order valence-electron chi connectivity index (χ3n) is 5.02. The van der Waals surface area contributed by atoms with Crippen LogP contribution in [0.4, 0.5) is 0 Å². The molecule has 0 aliphatic carbocycles. The molecule has 174 valence electrons. The Kier molecular flexibility index (Phi) is 9.85. The first-order chi connectivity index (χ1) is 15.3. The summed E-state index contributed by atoms with van der Waals surface area (Å²) in [5.74, 6) is 1.46. The number of amides is 2. The smallest absolute Gasteiger partial charge is 0.261 e. The first-order valence-corrected chi connectivity index (χ1v) is 10.8. The first-order valence-electron chi connectivity index (χ1n) is 10.8. The van der Waals surface area contributed by atoms with Crippen molar-refractivity contribution in [1.82, 2.24) is 10.2 Å². The minimum atomic E-state index is -0.617. The number of carbonyl (C=O) groups excluding carboxylic acids is 2. The predicted molar refractivity (Wildman–Crippen MR) is 124 cm³/mol. The Morgan fingerprint density at radius 3 is 2.09 bits per heavy atom. The van der Waals surface area contributed by atoms with Gasteiger partial charge < -0.3 is 24.4 Å². The fourth-order valence-electron chi connectivity index (χ4n) is 3.12. The highest BCUT2D eigenvalue weighted by Crippen LogP contribution is 2.27. The molecule has 32 heavy (non-hydrogen) atoms. The number of carbonyl (C=O) groups is 2. The van der Waals surface area contributed by atoms with Gasteiger partial charge in [-0.2, -0.15) is 0 Å². The van der Waals surface area contributed by atoms with Crippen LogP contribution in [0.2, 0.25) is 0 Å². The van der Waals surface area contributed by atoms with Crippen molar-refractivity contribution in [2.24, 2.45) is 5.92 Å². The van der Waals surface area contributed by atoms with Gasteiger partial charge in [0.25, 0.3) is 5.91 Å². The molecule has 0 heterocycles. The molecule has 0 unspecified atom stereocenters. The summed E-state index contributed by atoms with van der Waals surface area (Å²) in [5.41, 5.74) is 1.10. The fraction of sp³-hybridized carbons (Fsp3) is 0.440. The molecule has 0 saturated carbocycles. The Morgan fingerprint density at radius 1 is 0.938 bits per heavy atom. The van der Waals surface area contributed by atoms with Crippen LogP contribution in [-0.2, 0) is 16.0 Å². The minimum Gasteiger partial charge on any atom is -0.496 e. The second-order valence-electron chi connectivity index (χ2n) is 7.97. The van der Waals surface area contributed by atoms with Crippen molar-refractivity contribution >= 4 is 11.8 Å². The standard InChI is InChI=1S/C25H34N2O5/c1-18(2)16-26-25(29)19(3)27(12-11-20-9-7-6-8-10-20)24(28)17-32-23-14-21(30-4)13-22(15-23)31-5/h6-10,13-15,18-19H,11-12,16-17H2,1-5H3,(H,26,29)/t19-/m1/s1. The van der Waals surface area contributed by atoms with Crippen LogP contribution in [0.1, 0.15) is 26.3 Å². The van der Waals surface area contributed by atoms with Crippen molar-refractivity contribution in [2.45, 2.75) is 33.2 Å². The van der Waals surface area contributed by atoms with E-state index in [9.17, 15) is 9.59 Å². The molecule has 2 aromatic rings. The molecule has 7 nitrogen and oxygen atoms in total. The SMILES string of the molecule is COc1cc(OC)cc(OCC(=O)N(CCc2ccccc2)[C@H](C)C(=O)NCC(C)C)c1. The highest BCUT2D eigenvalue weighted by atomic mass is 16.5. The Balaban J connectivity index is 2.10. The maximum absolute atomic E-state index is 13.1. The van der Waals surface area contributed by atoms with Gasteiger partial charge in [-0.3, -0.25) is 9.59 Å². The van der Waals surface area contributed by atoms with Crippen molar-refractivity contribution in [2.75, 3.05) is 33.9 Å². The molecule has 0 fully saturated rings. The summed E-state index contributed by atoms with van der Waals surface area (Å²) in [5, 5.41) is 2.91. The number of nitrogens with one attached hydrogen (secondary N) is 1. The van der Waals surface area contributed by atoms with Gasteiger partial charge in [-0.15, -0.1) is 0 Å². The van der Waals surface area contributed by atoms with Gasteiger partial charge in [0.1, 0.15) is 23.3 Å². The lowest BCUT2D eigenvalue weighted by Crippen LogP contribution is -2.50. The van der Waals surface area contributed by atoms with Gasteiger partial charge in [-0.25, -0.2) is 0 Å². The molecule has 7 heteroatoms. The Hall–Kier alpha value is -3.22. The van der Waals surface area contributed by atoms with Crippen LogP contribution < -0.4 is 19.5 Å². The third-order valence-corrected chi connectivity index (χ3v) is 5.02. The van der Waals surface area contributed by atoms with Crippen LogP contribution in [0.15, 0.2) is 48.5 Å².